The summed E-state index contributed by atoms with van der Waals surface area (Å²) in [6.07, 6.45) is 0. The molecule has 0 unspecified atom stereocenters. The van der Waals surface area contributed by atoms with E-state index in [4.69, 9.17) is 0 Å². The fourth-order valence-electron chi connectivity index (χ4n) is 1.99. The average molecular weight is 270 g/mol. The number of hydrogen-bond acceptors (Lipinski definition) is 3. The summed E-state index contributed by atoms with van der Waals surface area (Å²) in [7, 11) is 0. The molecule has 0 fully saturated rings. The Hall–Kier alpha value is -2.69. The van der Waals surface area contributed by atoms with Gasteiger partial charge in [-0.05, 0) is 31.5 Å². The van der Waals surface area contributed by atoms with Crippen molar-refractivity contribution >= 4 is 17.3 Å². The number of benzene rings is 2. The highest BCUT2D eigenvalue weighted by atomic mass is 16.6. The average Bonchev–Trinajstić information content (AvgIpc) is 2.40. The van der Waals surface area contributed by atoms with E-state index in [0.29, 0.717) is 11.3 Å². The van der Waals surface area contributed by atoms with E-state index in [0.717, 1.165) is 5.56 Å². The lowest BCUT2D eigenvalue weighted by atomic mass is 10.1. The zero-order chi connectivity index (χ0) is 14.7. The van der Waals surface area contributed by atoms with Crippen LogP contribution in [-0.4, -0.2) is 10.8 Å². The molecular weight excluding hydrogens is 256 g/mol. The van der Waals surface area contributed by atoms with Gasteiger partial charge >= 0.3 is 0 Å². The van der Waals surface area contributed by atoms with Crippen molar-refractivity contribution in [1.82, 2.24) is 0 Å². The Morgan fingerprint density at radius 2 is 1.70 bits per heavy atom. The summed E-state index contributed by atoms with van der Waals surface area (Å²) in [4.78, 5) is 22.8. The van der Waals surface area contributed by atoms with Crippen LogP contribution in [0.1, 0.15) is 21.5 Å². The maximum absolute atomic E-state index is 12.2. The van der Waals surface area contributed by atoms with Crippen LogP contribution < -0.4 is 5.32 Å². The van der Waals surface area contributed by atoms with E-state index in [-0.39, 0.29) is 11.3 Å². The molecule has 0 heterocycles. The number of amides is 1. The molecule has 0 aromatic heterocycles. The van der Waals surface area contributed by atoms with Gasteiger partial charge in [-0.25, -0.2) is 0 Å². The quantitative estimate of drug-likeness (QED) is 0.685. The van der Waals surface area contributed by atoms with Crippen molar-refractivity contribution in [3.63, 3.8) is 0 Å². The van der Waals surface area contributed by atoms with Crippen molar-refractivity contribution in [2.45, 2.75) is 13.8 Å². The van der Waals surface area contributed by atoms with Crippen molar-refractivity contribution in [2.75, 3.05) is 5.32 Å². The van der Waals surface area contributed by atoms with Gasteiger partial charge in [0.05, 0.1) is 4.92 Å². The lowest BCUT2D eigenvalue weighted by Gasteiger charge is -2.09. The van der Waals surface area contributed by atoms with Gasteiger partial charge in [-0.1, -0.05) is 30.3 Å². The summed E-state index contributed by atoms with van der Waals surface area (Å²) in [6, 6.07) is 12.0. The second kappa shape index (κ2) is 5.52. The van der Waals surface area contributed by atoms with Gasteiger partial charge in [0.15, 0.2) is 0 Å². The molecular formula is C15H14N2O3. The van der Waals surface area contributed by atoms with E-state index in [1.807, 2.05) is 19.1 Å². The highest BCUT2D eigenvalue weighted by Gasteiger charge is 2.22. The van der Waals surface area contributed by atoms with Crippen LogP contribution in [0.15, 0.2) is 42.5 Å². The maximum Gasteiger partial charge on any atom is 0.285 e. The lowest BCUT2D eigenvalue weighted by Crippen LogP contribution is -2.15. The summed E-state index contributed by atoms with van der Waals surface area (Å²) >= 11 is 0. The Balaban J connectivity index is 2.38. The van der Waals surface area contributed by atoms with Gasteiger partial charge in [0, 0.05) is 11.3 Å². The number of aryl methyl sites for hydroxylation is 2. The molecule has 0 aliphatic heterocycles. The van der Waals surface area contributed by atoms with Gasteiger partial charge in [-0.3, -0.25) is 14.9 Å². The Morgan fingerprint density at radius 3 is 2.35 bits per heavy atom. The number of rotatable bonds is 3. The first kappa shape index (κ1) is 13.7. The van der Waals surface area contributed by atoms with Gasteiger partial charge < -0.3 is 5.32 Å². The molecule has 2 rings (SSSR count). The Kier molecular flexibility index (Phi) is 3.79. The first-order valence-electron chi connectivity index (χ1n) is 6.11. The number of carbonyl (C=O) groups is 1. The van der Waals surface area contributed by atoms with Crippen molar-refractivity contribution in [2.24, 2.45) is 0 Å². The van der Waals surface area contributed by atoms with Crippen LogP contribution in [0, 0.1) is 24.0 Å². The molecule has 0 aliphatic carbocycles. The van der Waals surface area contributed by atoms with Crippen LogP contribution in [0.4, 0.5) is 11.4 Å². The number of nitro groups is 1. The molecule has 0 saturated carbocycles. The molecule has 0 bridgehead atoms. The minimum Gasteiger partial charge on any atom is -0.322 e. The van der Waals surface area contributed by atoms with Gasteiger partial charge in [0.1, 0.15) is 5.56 Å². The molecule has 2 aromatic rings. The van der Waals surface area contributed by atoms with Crippen molar-refractivity contribution in [3.8, 4) is 0 Å². The Labute approximate surface area is 116 Å². The minimum atomic E-state index is -0.526. The van der Waals surface area contributed by atoms with Crippen molar-refractivity contribution in [3.05, 3.63) is 69.3 Å². The molecule has 0 spiro atoms. The summed E-state index contributed by atoms with van der Waals surface area (Å²) in [5.74, 6) is -0.477. The number of nitrogens with one attached hydrogen (secondary N) is 1. The third kappa shape index (κ3) is 2.66. The van der Waals surface area contributed by atoms with E-state index < -0.39 is 10.8 Å². The second-order valence-electron chi connectivity index (χ2n) is 4.50. The van der Waals surface area contributed by atoms with Gasteiger partial charge in [0.2, 0.25) is 0 Å². The predicted molar refractivity (Wildman–Crippen MR) is 77.0 cm³/mol. The summed E-state index contributed by atoms with van der Waals surface area (Å²) < 4.78 is 0. The first-order valence-corrected chi connectivity index (χ1v) is 6.11. The van der Waals surface area contributed by atoms with E-state index in [2.05, 4.69) is 5.32 Å². The van der Waals surface area contributed by atoms with Crippen LogP contribution in [0.2, 0.25) is 0 Å². The zero-order valence-electron chi connectivity index (χ0n) is 11.2. The number of nitrogens with zero attached hydrogens (tertiary/aromatic N) is 1. The summed E-state index contributed by atoms with van der Waals surface area (Å²) in [5, 5.41) is 13.8. The van der Waals surface area contributed by atoms with Gasteiger partial charge in [0.25, 0.3) is 11.6 Å². The number of hydrogen-bond donors (Lipinski definition) is 1. The van der Waals surface area contributed by atoms with Crippen LogP contribution >= 0.6 is 0 Å². The molecule has 0 radical (unpaired) electrons. The topological polar surface area (TPSA) is 72.2 Å². The SMILES string of the molecule is Cc1ccccc1NC(=O)c1cccc(C)c1[N+](=O)[O-]. The maximum atomic E-state index is 12.2. The van der Waals surface area contributed by atoms with E-state index in [1.54, 1.807) is 31.2 Å². The monoisotopic (exact) mass is 270 g/mol. The zero-order valence-corrected chi connectivity index (χ0v) is 11.2. The third-order valence-corrected chi connectivity index (χ3v) is 3.06. The summed E-state index contributed by atoms with van der Waals surface area (Å²) in [6.45, 7) is 3.48. The molecule has 5 nitrogen and oxygen atoms in total. The Bertz CT molecular complexity index is 681. The van der Waals surface area contributed by atoms with Crippen molar-refractivity contribution < 1.29 is 9.72 Å². The molecule has 0 aliphatic rings. The minimum absolute atomic E-state index is 0.0678. The van der Waals surface area contributed by atoms with Gasteiger partial charge in [-0.15, -0.1) is 0 Å². The predicted octanol–water partition coefficient (Wildman–Crippen LogP) is 3.46. The smallest absolute Gasteiger partial charge is 0.285 e. The van der Waals surface area contributed by atoms with E-state index >= 15 is 0 Å². The van der Waals surface area contributed by atoms with E-state index in [1.165, 1.54) is 6.07 Å². The van der Waals surface area contributed by atoms with Crippen LogP contribution in [0.5, 0.6) is 0 Å². The first-order chi connectivity index (χ1) is 9.50. The highest BCUT2D eigenvalue weighted by Crippen LogP contribution is 2.24. The fourth-order valence-corrected chi connectivity index (χ4v) is 1.99. The standard InChI is InChI=1S/C15H14N2O3/c1-10-6-3-4-9-13(10)16-15(18)12-8-5-7-11(2)14(12)17(19)20/h3-9H,1-2H3,(H,16,18). The number of nitro benzene ring substituents is 1. The summed E-state index contributed by atoms with van der Waals surface area (Å²) in [5.41, 5.74) is 1.92. The van der Waals surface area contributed by atoms with Gasteiger partial charge in [-0.2, -0.15) is 0 Å². The molecule has 102 valence electrons. The van der Waals surface area contributed by atoms with Crippen LogP contribution in [-0.2, 0) is 0 Å². The normalized spacial score (nSPS) is 10.1. The molecule has 0 atom stereocenters. The van der Waals surface area contributed by atoms with E-state index in [9.17, 15) is 14.9 Å². The van der Waals surface area contributed by atoms with Crippen molar-refractivity contribution in [1.29, 1.82) is 0 Å². The molecule has 1 amide bonds. The number of carbonyl (C=O) groups excluding carboxylic acids is 1. The molecule has 5 heteroatoms. The van der Waals surface area contributed by atoms with Crippen LogP contribution in [0.25, 0.3) is 0 Å². The fraction of sp³-hybridized carbons (Fsp3) is 0.133. The molecule has 20 heavy (non-hydrogen) atoms. The van der Waals surface area contributed by atoms with Crippen LogP contribution in [0.3, 0.4) is 0 Å². The molecule has 2 aromatic carbocycles. The third-order valence-electron chi connectivity index (χ3n) is 3.06. The lowest BCUT2D eigenvalue weighted by molar-refractivity contribution is -0.385. The Morgan fingerprint density at radius 1 is 1.05 bits per heavy atom. The second-order valence-corrected chi connectivity index (χ2v) is 4.50. The molecule has 0 saturated heterocycles. The number of para-hydroxylation sites is 2. The largest absolute Gasteiger partial charge is 0.322 e. The number of anilines is 1. The highest BCUT2D eigenvalue weighted by molar-refractivity contribution is 6.07. The molecule has 1 N–H and O–H groups in total.